The van der Waals surface area contributed by atoms with Crippen molar-refractivity contribution in [1.29, 1.82) is 0 Å². The van der Waals surface area contributed by atoms with Crippen molar-refractivity contribution in [2.75, 3.05) is 26.2 Å². The van der Waals surface area contributed by atoms with Crippen LogP contribution in [0.4, 0.5) is 0 Å². The van der Waals surface area contributed by atoms with Gasteiger partial charge in [0.05, 0.1) is 6.54 Å². The second kappa shape index (κ2) is 6.91. The molecule has 1 saturated heterocycles. The summed E-state index contributed by atoms with van der Waals surface area (Å²) in [5.41, 5.74) is 7.81. The maximum absolute atomic E-state index is 12.5. The van der Waals surface area contributed by atoms with Crippen LogP contribution in [-0.4, -0.2) is 42.9 Å². The number of amides is 2. The number of benzene rings is 1. The molecule has 110 valence electrons. The Bertz CT molecular complexity index is 614. The van der Waals surface area contributed by atoms with Crippen molar-refractivity contribution in [2.45, 2.75) is 13.3 Å². The zero-order valence-corrected chi connectivity index (χ0v) is 12.1. The number of aryl methyl sites for hydroxylation is 1. The molecular formula is C16H19N3O2. The lowest BCUT2D eigenvalue weighted by Crippen LogP contribution is -2.34. The molecule has 1 aliphatic rings. The van der Waals surface area contributed by atoms with Gasteiger partial charge in [0.2, 0.25) is 5.91 Å². The highest BCUT2D eigenvalue weighted by Gasteiger charge is 2.20. The zero-order chi connectivity index (χ0) is 15.2. The van der Waals surface area contributed by atoms with E-state index >= 15 is 0 Å². The van der Waals surface area contributed by atoms with E-state index in [9.17, 15) is 9.59 Å². The lowest BCUT2D eigenvalue weighted by molar-refractivity contribution is -0.120. The first-order valence-corrected chi connectivity index (χ1v) is 6.97. The lowest BCUT2D eigenvalue weighted by atomic mass is 10.0. The Hall–Kier alpha value is -2.32. The summed E-state index contributed by atoms with van der Waals surface area (Å²) in [7, 11) is 0. The smallest absolute Gasteiger partial charge is 0.253 e. The molecule has 2 amide bonds. The van der Waals surface area contributed by atoms with Gasteiger partial charge in [0, 0.05) is 37.2 Å². The van der Waals surface area contributed by atoms with E-state index in [1.807, 2.05) is 13.0 Å². The van der Waals surface area contributed by atoms with E-state index in [1.165, 1.54) is 0 Å². The van der Waals surface area contributed by atoms with Gasteiger partial charge in [0.1, 0.15) is 0 Å². The van der Waals surface area contributed by atoms with Gasteiger partial charge < -0.3 is 16.0 Å². The van der Waals surface area contributed by atoms with Crippen LogP contribution in [0, 0.1) is 18.8 Å². The molecule has 0 atom stereocenters. The Labute approximate surface area is 124 Å². The molecule has 1 aromatic carbocycles. The highest BCUT2D eigenvalue weighted by Crippen LogP contribution is 2.13. The number of hydrogen-bond donors (Lipinski definition) is 2. The number of carbonyl (C=O) groups is 2. The van der Waals surface area contributed by atoms with Crippen LogP contribution < -0.4 is 11.1 Å². The Balaban J connectivity index is 2.20. The number of hydrogen-bond acceptors (Lipinski definition) is 3. The molecule has 0 bridgehead atoms. The Kier molecular flexibility index (Phi) is 4.96. The normalized spacial score (nSPS) is 14.8. The van der Waals surface area contributed by atoms with Crippen LogP contribution in [0.15, 0.2) is 18.2 Å². The molecule has 1 fully saturated rings. The quantitative estimate of drug-likeness (QED) is 0.727. The van der Waals surface area contributed by atoms with Crippen molar-refractivity contribution in [1.82, 2.24) is 10.2 Å². The first-order chi connectivity index (χ1) is 10.1. The fourth-order valence-electron chi connectivity index (χ4n) is 2.19. The zero-order valence-electron chi connectivity index (χ0n) is 12.1. The summed E-state index contributed by atoms with van der Waals surface area (Å²) in [4.78, 5) is 25.5. The molecule has 0 aliphatic carbocycles. The van der Waals surface area contributed by atoms with Gasteiger partial charge >= 0.3 is 0 Å². The molecule has 0 aromatic heterocycles. The van der Waals surface area contributed by atoms with E-state index in [-0.39, 0.29) is 18.4 Å². The van der Waals surface area contributed by atoms with Crippen LogP contribution in [0.1, 0.15) is 27.9 Å². The average Bonchev–Trinajstić information content (AvgIpc) is 2.70. The topological polar surface area (TPSA) is 75.4 Å². The van der Waals surface area contributed by atoms with Crippen LogP contribution in [0.3, 0.4) is 0 Å². The van der Waals surface area contributed by atoms with Crippen LogP contribution in [0.5, 0.6) is 0 Å². The first kappa shape index (κ1) is 15.1. The second-order valence-corrected chi connectivity index (χ2v) is 4.93. The molecule has 3 N–H and O–H groups in total. The molecule has 0 radical (unpaired) electrons. The minimum absolute atomic E-state index is 0.0105. The highest BCUT2D eigenvalue weighted by atomic mass is 16.2. The summed E-state index contributed by atoms with van der Waals surface area (Å²) >= 11 is 0. The van der Waals surface area contributed by atoms with Gasteiger partial charge in [-0.05, 0) is 24.6 Å². The molecule has 1 heterocycles. The molecule has 5 heteroatoms. The SMILES string of the molecule is Cc1ccc(C(=O)N2CCNC(=O)CC2)cc1C#CCN. The predicted octanol–water partition coefficient (Wildman–Crippen LogP) is 0.267. The molecule has 0 saturated carbocycles. The third-order valence-electron chi connectivity index (χ3n) is 3.41. The molecule has 21 heavy (non-hydrogen) atoms. The van der Waals surface area contributed by atoms with E-state index < -0.39 is 0 Å². The van der Waals surface area contributed by atoms with E-state index in [1.54, 1.807) is 17.0 Å². The number of carbonyl (C=O) groups excluding carboxylic acids is 2. The summed E-state index contributed by atoms with van der Waals surface area (Å²) in [6.07, 6.45) is 0.345. The molecule has 2 rings (SSSR count). The molecule has 5 nitrogen and oxygen atoms in total. The number of nitrogens with zero attached hydrogens (tertiary/aromatic N) is 1. The van der Waals surface area contributed by atoms with E-state index in [0.717, 1.165) is 11.1 Å². The van der Waals surface area contributed by atoms with Crippen molar-refractivity contribution in [3.63, 3.8) is 0 Å². The van der Waals surface area contributed by atoms with E-state index in [4.69, 9.17) is 5.73 Å². The third-order valence-corrected chi connectivity index (χ3v) is 3.41. The van der Waals surface area contributed by atoms with Crippen molar-refractivity contribution in [2.24, 2.45) is 5.73 Å². The van der Waals surface area contributed by atoms with Crippen LogP contribution >= 0.6 is 0 Å². The monoisotopic (exact) mass is 285 g/mol. The van der Waals surface area contributed by atoms with Gasteiger partial charge in [0.15, 0.2) is 0 Å². The average molecular weight is 285 g/mol. The Morgan fingerprint density at radius 2 is 2.24 bits per heavy atom. The predicted molar refractivity (Wildman–Crippen MR) is 80.6 cm³/mol. The Morgan fingerprint density at radius 1 is 1.43 bits per heavy atom. The summed E-state index contributed by atoms with van der Waals surface area (Å²) in [5.74, 6) is 5.71. The summed E-state index contributed by atoms with van der Waals surface area (Å²) in [6, 6.07) is 5.47. The van der Waals surface area contributed by atoms with Crippen LogP contribution in [0.25, 0.3) is 0 Å². The van der Waals surface area contributed by atoms with Gasteiger partial charge in [-0.2, -0.15) is 0 Å². The Morgan fingerprint density at radius 3 is 3.00 bits per heavy atom. The fraction of sp³-hybridized carbons (Fsp3) is 0.375. The second-order valence-electron chi connectivity index (χ2n) is 4.93. The number of rotatable bonds is 1. The lowest BCUT2D eigenvalue weighted by Gasteiger charge is -2.19. The standard InChI is InChI=1S/C16H19N3O2/c1-12-4-5-14(11-13(12)3-2-7-17)16(21)19-9-6-15(20)18-8-10-19/h4-5,11H,6-10,17H2,1H3,(H,18,20). The van der Waals surface area contributed by atoms with Crippen LogP contribution in [0.2, 0.25) is 0 Å². The van der Waals surface area contributed by atoms with Gasteiger partial charge in [-0.3, -0.25) is 9.59 Å². The molecule has 0 unspecified atom stereocenters. The van der Waals surface area contributed by atoms with Gasteiger partial charge in [-0.25, -0.2) is 0 Å². The molecule has 1 aliphatic heterocycles. The van der Waals surface area contributed by atoms with Crippen molar-refractivity contribution in [3.05, 3.63) is 34.9 Å². The molecular weight excluding hydrogens is 266 g/mol. The van der Waals surface area contributed by atoms with Gasteiger partial charge in [-0.1, -0.05) is 17.9 Å². The minimum Gasteiger partial charge on any atom is -0.354 e. The maximum atomic E-state index is 12.5. The first-order valence-electron chi connectivity index (χ1n) is 6.97. The largest absolute Gasteiger partial charge is 0.354 e. The summed E-state index contributed by atoms with van der Waals surface area (Å²) in [5, 5.41) is 2.76. The van der Waals surface area contributed by atoms with E-state index in [0.29, 0.717) is 31.6 Å². The number of nitrogens with two attached hydrogens (primary N) is 1. The minimum atomic E-state index is -0.0673. The number of nitrogens with one attached hydrogen (secondary N) is 1. The van der Waals surface area contributed by atoms with Gasteiger partial charge in [0.25, 0.3) is 5.91 Å². The van der Waals surface area contributed by atoms with Crippen molar-refractivity contribution < 1.29 is 9.59 Å². The van der Waals surface area contributed by atoms with Crippen LogP contribution in [-0.2, 0) is 4.79 Å². The maximum Gasteiger partial charge on any atom is 0.253 e. The van der Waals surface area contributed by atoms with Gasteiger partial charge in [-0.15, -0.1) is 0 Å². The summed E-state index contributed by atoms with van der Waals surface area (Å²) < 4.78 is 0. The van der Waals surface area contributed by atoms with E-state index in [2.05, 4.69) is 17.2 Å². The third kappa shape index (κ3) is 3.83. The van der Waals surface area contributed by atoms with Crippen molar-refractivity contribution in [3.8, 4) is 11.8 Å². The fourth-order valence-corrected chi connectivity index (χ4v) is 2.19. The molecule has 0 spiro atoms. The van der Waals surface area contributed by atoms with Crippen molar-refractivity contribution >= 4 is 11.8 Å². The molecule has 1 aromatic rings. The highest BCUT2D eigenvalue weighted by molar-refractivity contribution is 5.95. The summed E-state index contributed by atoms with van der Waals surface area (Å²) in [6.45, 7) is 3.71.